The zero-order valence-corrected chi connectivity index (χ0v) is 19.8. The Balaban J connectivity index is 1.82. The maximum Gasteiger partial charge on any atom is 0.326 e. The molecule has 33 heavy (non-hydrogen) atoms. The van der Waals surface area contributed by atoms with E-state index in [0.29, 0.717) is 23.7 Å². The molecule has 0 bridgehead atoms. The number of rotatable bonds is 8. The highest BCUT2D eigenvalue weighted by atomic mass is 16.6. The summed E-state index contributed by atoms with van der Waals surface area (Å²) < 4.78 is 5.45. The number of hydrogen-bond donors (Lipinski definition) is 0. The molecule has 1 fully saturated rings. The van der Waals surface area contributed by atoms with E-state index in [0.717, 1.165) is 25.7 Å². The van der Waals surface area contributed by atoms with Crippen molar-refractivity contribution in [2.45, 2.75) is 58.5 Å². The Kier molecular flexibility index (Phi) is 8.26. The molecule has 3 rings (SSSR count). The number of hydrogen-bond acceptors (Lipinski definition) is 4. The Morgan fingerprint density at radius 2 is 1.27 bits per heavy atom. The average molecular weight is 451 g/mol. The van der Waals surface area contributed by atoms with Crippen LogP contribution in [-0.2, 0) is 19.1 Å². The second-order valence-corrected chi connectivity index (χ2v) is 9.57. The van der Waals surface area contributed by atoms with Crippen molar-refractivity contribution in [3.05, 3.63) is 60.7 Å². The normalized spacial score (nSPS) is 14.0. The lowest BCUT2D eigenvalue weighted by atomic mass is 10.0. The zero-order chi connectivity index (χ0) is 23.8. The second kappa shape index (κ2) is 11.1. The topological polar surface area (TPSA) is 66.9 Å². The van der Waals surface area contributed by atoms with Crippen LogP contribution in [-0.4, -0.2) is 36.5 Å². The van der Waals surface area contributed by atoms with E-state index in [1.165, 1.54) is 4.90 Å². The number of amides is 2. The van der Waals surface area contributed by atoms with Crippen molar-refractivity contribution in [1.82, 2.24) is 0 Å². The van der Waals surface area contributed by atoms with E-state index in [1.54, 1.807) is 37.8 Å². The SMILES string of the molecule is CC(C)(C)OC(=O)CN(C(=O)CN(C(=O)CC1CCCC1)c1ccccc1)c1ccccc1. The first-order valence-corrected chi connectivity index (χ1v) is 11.7. The quantitative estimate of drug-likeness (QED) is 0.532. The molecular weight excluding hydrogens is 416 g/mol. The van der Waals surface area contributed by atoms with Gasteiger partial charge in [-0.1, -0.05) is 49.2 Å². The van der Waals surface area contributed by atoms with Crippen LogP contribution in [0.5, 0.6) is 0 Å². The van der Waals surface area contributed by atoms with Gasteiger partial charge in [-0.15, -0.1) is 0 Å². The van der Waals surface area contributed by atoms with E-state index >= 15 is 0 Å². The summed E-state index contributed by atoms with van der Waals surface area (Å²) in [5.41, 5.74) is 0.610. The fraction of sp³-hybridized carbons (Fsp3) is 0.444. The minimum Gasteiger partial charge on any atom is -0.459 e. The van der Waals surface area contributed by atoms with Gasteiger partial charge in [0, 0.05) is 17.8 Å². The van der Waals surface area contributed by atoms with Gasteiger partial charge in [0.25, 0.3) is 0 Å². The molecule has 176 valence electrons. The fourth-order valence-corrected chi connectivity index (χ4v) is 4.16. The van der Waals surface area contributed by atoms with Gasteiger partial charge in [-0.2, -0.15) is 0 Å². The molecule has 0 radical (unpaired) electrons. The van der Waals surface area contributed by atoms with E-state index in [4.69, 9.17) is 4.74 Å². The minimum atomic E-state index is -0.657. The van der Waals surface area contributed by atoms with Crippen LogP contribution in [0.3, 0.4) is 0 Å². The van der Waals surface area contributed by atoms with Gasteiger partial charge in [0.15, 0.2) is 0 Å². The molecule has 6 nitrogen and oxygen atoms in total. The minimum absolute atomic E-state index is 0.0632. The average Bonchev–Trinajstić information content (AvgIpc) is 3.28. The van der Waals surface area contributed by atoms with Crippen LogP contribution in [0.15, 0.2) is 60.7 Å². The molecule has 0 saturated heterocycles. The molecule has 6 heteroatoms. The van der Waals surface area contributed by atoms with Crippen LogP contribution >= 0.6 is 0 Å². The highest BCUT2D eigenvalue weighted by Crippen LogP contribution is 2.29. The summed E-state index contributed by atoms with van der Waals surface area (Å²) in [5, 5.41) is 0. The molecule has 0 aliphatic heterocycles. The molecule has 2 aromatic carbocycles. The standard InChI is InChI=1S/C27H34N2O4/c1-27(2,3)33-26(32)20-29(23-16-8-5-9-17-23)25(31)19-28(22-14-6-4-7-15-22)24(30)18-21-12-10-11-13-21/h4-9,14-17,21H,10-13,18-20H2,1-3H3. The van der Waals surface area contributed by atoms with Gasteiger partial charge in [-0.25, -0.2) is 0 Å². The Morgan fingerprint density at radius 3 is 1.76 bits per heavy atom. The van der Waals surface area contributed by atoms with Crippen LogP contribution in [0.25, 0.3) is 0 Å². The van der Waals surface area contributed by atoms with Crippen molar-refractivity contribution in [2.75, 3.05) is 22.9 Å². The lowest BCUT2D eigenvalue weighted by Gasteiger charge is -2.29. The van der Waals surface area contributed by atoms with E-state index in [2.05, 4.69) is 0 Å². The summed E-state index contributed by atoms with van der Waals surface area (Å²) >= 11 is 0. The van der Waals surface area contributed by atoms with Gasteiger partial charge in [0.1, 0.15) is 18.7 Å². The first kappa shape index (κ1) is 24.5. The summed E-state index contributed by atoms with van der Waals surface area (Å²) in [6, 6.07) is 18.3. The van der Waals surface area contributed by atoms with Gasteiger partial charge in [-0.05, 0) is 63.8 Å². The van der Waals surface area contributed by atoms with Gasteiger partial charge in [-0.3, -0.25) is 19.3 Å². The van der Waals surface area contributed by atoms with Gasteiger partial charge in [0.2, 0.25) is 11.8 Å². The maximum atomic E-state index is 13.5. The number of anilines is 2. The van der Waals surface area contributed by atoms with Crippen molar-refractivity contribution in [3.63, 3.8) is 0 Å². The number of esters is 1. The van der Waals surface area contributed by atoms with Crippen molar-refractivity contribution < 1.29 is 19.1 Å². The second-order valence-electron chi connectivity index (χ2n) is 9.57. The summed E-state index contributed by atoms with van der Waals surface area (Å²) in [6.07, 6.45) is 4.84. The van der Waals surface area contributed by atoms with E-state index in [9.17, 15) is 14.4 Å². The number of carbonyl (C=O) groups excluding carboxylic acids is 3. The lowest BCUT2D eigenvalue weighted by Crippen LogP contribution is -2.46. The Bertz CT molecular complexity index is 932. The largest absolute Gasteiger partial charge is 0.459 e. The predicted molar refractivity (Wildman–Crippen MR) is 130 cm³/mol. The first-order chi connectivity index (χ1) is 15.7. The highest BCUT2D eigenvalue weighted by molar-refractivity contribution is 6.05. The fourth-order valence-electron chi connectivity index (χ4n) is 4.16. The third-order valence-corrected chi connectivity index (χ3v) is 5.68. The highest BCUT2D eigenvalue weighted by Gasteiger charge is 2.28. The van der Waals surface area contributed by atoms with Gasteiger partial charge in [0.05, 0.1) is 0 Å². The smallest absolute Gasteiger partial charge is 0.326 e. The third-order valence-electron chi connectivity index (χ3n) is 5.68. The zero-order valence-electron chi connectivity index (χ0n) is 19.8. The maximum absolute atomic E-state index is 13.5. The molecule has 0 atom stereocenters. The summed E-state index contributed by atoms with van der Waals surface area (Å²) in [6.45, 7) is 5.00. The number of carbonyl (C=O) groups is 3. The van der Waals surface area contributed by atoms with Gasteiger partial charge < -0.3 is 9.64 Å². The van der Waals surface area contributed by atoms with Crippen LogP contribution in [0, 0.1) is 5.92 Å². The Hall–Kier alpha value is -3.15. The molecule has 0 heterocycles. The number of benzene rings is 2. The molecule has 0 unspecified atom stereocenters. The first-order valence-electron chi connectivity index (χ1n) is 11.7. The van der Waals surface area contributed by atoms with Crippen molar-refractivity contribution in [1.29, 1.82) is 0 Å². The molecule has 2 aromatic rings. The summed E-state index contributed by atoms with van der Waals surface area (Å²) in [4.78, 5) is 42.3. The molecule has 1 aliphatic rings. The molecule has 2 amide bonds. The predicted octanol–water partition coefficient (Wildman–Crippen LogP) is 4.97. The summed E-state index contributed by atoms with van der Waals surface area (Å²) in [7, 11) is 0. The van der Waals surface area contributed by atoms with Crippen molar-refractivity contribution in [3.8, 4) is 0 Å². The monoisotopic (exact) mass is 450 g/mol. The molecular formula is C27H34N2O4. The summed E-state index contributed by atoms with van der Waals surface area (Å²) in [5.74, 6) is -0.531. The van der Waals surface area contributed by atoms with Crippen LogP contribution in [0.4, 0.5) is 11.4 Å². The lowest BCUT2D eigenvalue weighted by molar-refractivity contribution is -0.153. The molecule has 1 saturated carbocycles. The molecule has 0 N–H and O–H groups in total. The number of ether oxygens (including phenoxy) is 1. The van der Waals surface area contributed by atoms with Gasteiger partial charge >= 0.3 is 5.97 Å². The van der Waals surface area contributed by atoms with Crippen LogP contribution in [0.2, 0.25) is 0 Å². The third kappa shape index (κ3) is 7.45. The van der Waals surface area contributed by atoms with Crippen molar-refractivity contribution in [2.24, 2.45) is 5.92 Å². The van der Waals surface area contributed by atoms with E-state index < -0.39 is 11.6 Å². The number of para-hydroxylation sites is 2. The Labute approximate surface area is 196 Å². The Morgan fingerprint density at radius 1 is 0.788 bits per heavy atom. The molecule has 1 aliphatic carbocycles. The van der Waals surface area contributed by atoms with E-state index in [1.807, 2.05) is 48.5 Å². The number of nitrogens with zero attached hydrogens (tertiary/aromatic N) is 2. The van der Waals surface area contributed by atoms with E-state index in [-0.39, 0.29) is 24.9 Å². The molecule has 0 spiro atoms. The molecule has 0 aromatic heterocycles. The van der Waals surface area contributed by atoms with Crippen molar-refractivity contribution >= 4 is 29.2 Å². The van der Waals surface area contributed by atoms with Crippen LogP contribution in [0.1, 0.15) is 52.9 Å². The van der Waals surface area contributed by atoms with Crippen LogP contribution < -0.4 is 9.80 Å².